The molecule has 1 amide bonds. The van der Waals surface area contributed by atoms with Gasteiger partial charge in [0.2, 0.25) is 5.95 Å². The van der Waals surface area contributed by atoms with Gasteiger partial charge in [0, 0.05) is 29.5 Å². The molecule has 1 aromatic heterocycles. The first-order valence-corrected chi connectivity index (χ1v) is 8.00. The molecule has 1 N–H and O–H groups in total. The molecule has 0 atom stereocenters. The summed E-state index contributed by atoms with van der Waals surface area (Å²) in [5.74, 6) is 0.297. The summed E-state index contributed by atoms with van der Waals surface area (Å²) in [6.07, 6.45) is 0. The molecule has 122 valence electrons. The Morgan fingerprint density at radius 2 is 1.87 bits per heavy atom. The SMILES string of the molecule is CCN(CC)C(=O)c1cc(C)nc(Nc2ccc(C)c(Cl)c2)n1. The van der Waals surface area contributed by atoms with Crippen molar-refractivity contribution < 1.29 is 4.79 Å². The molecule has 1 heterocycles. The lowest BCUT2D eigenvalue weighted by molar-refractivity contribution is 0.0767. The van der Waals surface area contributed by atoms with E-state index >= 15 is 0 Å². The van der Waals surface area contributed by atoms with Gasteiger partial charge >= 0.3 is 0 Å². The topological polar surface area (TPSA) is 58.1 Å². The van der Waals surface area contributed by atoms with Gasteiger partial charge in [-0.05, 0) is 51.5 Å². The van der Waals surface area contributed by atoms with Crippen LogP contribution in [-0.4, -0.2) is 33.9 Å². The van der Waals surface area contributed by atoms with Gasteiger partial charge in [0.15, 0.2) is 0 Å². The van der Waals surface area contributed by atoms with Crippen molar-refractivity contribution >= 4 is 29.1 Å². The molecular weight excluding hydrogens is 312 g/mol. The average Bonchev–Trinajstić information content (AvgIpc) is 2.51. The molecule has 0 unspecified atom stereocenters. The van der Waals surface area contributed by atoms with Gasteiger partial charge in [-0.15, -0.1) is 0 Å². The van der Waals surface area contributed by atoms with Crippen molar-refractivity contribution in [2.45, 2.75) is 27.7 Å². The smallest absolute Gasteiger partial charge is 0.272 e. The second-order valence-electron chi connectivity index (χ2n) is 5.28. The fraction of sp³-hybridized carbons (Fsp3) is 0.353. The number of nitrogens with zero attached hydrogens (tertiary/aromatic N) is 3. The monoisotopic (exact) mass is 332 g/mol. The lowest BCUT2D eigenvalue weighted by atomic mass is 10.2. The van der Waals surface area contributed by atoms with E-state index in [0.29, 0.717) is 29.8 Å². The van der Waals surface area contributed by atoms with Crippen LogP contribution in [0.2, 0.25) is 5.02 Å². The number of aromatic nitrogens is 2. The molecule has 2 rings (SSSR count). The zero-order valence-electron chi connectivity index (χ0n) is 13.9. The Hall–Kier alpha value is -2.14. The third-order valence-electron chi connectivity index (χ3n) is 3.55. The molecule has 0 radical (unpaired) electrons. The molecule has 1 aromatic carbocycles. The first kappa shape index (κ1) is 17.2. The summed E-state index contributed by atoms with van der Waals surface area (Å²) >= 11 is 6.13. The maximum atomic E-state index is 12.4. The van der Waals surface area contributed by atoms with Gasteiger partial charge in [0.05, 0.1) is 0 Å². The Bertz CT molecular complexity index is 714. The number of aryl methyl sites for hydroxylation is 2. The van der Waals surface area contributed by atoms with Crippen molar-refractivity contribution in [3.8, 4) is 0 Å². The summed E-state index contributed by atoms with van der Waals surface area (Å²) in [6, 6.07) is 7.34. The van der Waals surface area contributed by atoms with Crippen LogP contribution in [-0.2, 0) is 0 Å². The number of carbonyl (C=O) groups excluding carboxylic acids is 1. The molecule has 0 aliphatic rings. The lowest BCUT2D eigenvalue weighted by Gasteiger charge is -2.18. The highest BCUT2D eigenvalue weighted by Crippen LogP contribution is 2.22. The van der Waals surface area contributed by atoms with Crippen LogP contribution < -0.4 is 5.32 Å². The van der Waals surface area contributed by atoms with Crippen molar-refractivity contribution in [1.82, 2.24) is 14.9 Å². The number of rotatable bonds is 5. The number of benzene rings is 1. The lowest BCUT2D eigenvalue weighted by Crippen LogP contribution is -2.31. The minimum Gasteiger partial charge on any atom is -0.338 e. The quantitative estimate of drug-likeness (QED) is 0.900. The Balaban J connectivity index is 2.29. The fourth-order valence-electron chi connectivity index (χ4n) is 2.21. The Morgan fingerprint density at radius 1 is 1.17 bits per heavy atom. The van der Waals surface area contributed by atoms with E-state index < -0.39 is 0 Å². The third-order valence-corrected chi connectivity index (χ3v) is 3.96. The van der Waals surface area contributed by atoms with Crippen molar-refractivity contribution in [3.05, 3.63) is 46.2 Å². The van der Waals surface area contributed by atoms with E-state index in [1.165, 1.54) is 0 Å². The van der Waals surface area contributed by atoms with Crippen LogP contribution in [0.4, 0.5) is 11.6 Å². The van der Waals surface area contributed by atoms with Crippen LogP contribution in [0.3, 0.4) is 0 Å². The van der Waals surface area contributed by atoms with Gasteiger partial charge in [-0.1, -0.05) is 17.7 Å². The Kier molecular flexibility index (Phi) is 5.55. The van der Waals surface area contributed by atoms with Crippen LogP contribution in [0.15, 0.2) is 24.3 Å². The zero-order chi connectivity index (χ0) is 17.0. The predicted molar refractivity (Wildman–Crippen MR) is 93.5 cm³/mol. The van der Waals surface area contributed by atoms with E-state index in [1.54, 1.807) is 11.0 Å². The molecule has 5 nitrogen and oxygen atoms in total. The normalized spacial score (nSPS) is 10.5. The van der Waals surface area contributed by atoms with E-state index in [1.807, 2.05) is 45.9 Å². The molecule has 0 spiro atoms. The number of amides is 1. The molecule has 0 aliphatic carbocycles. The molecule has 2 aromatic rings. The second kappa shape index (κ2) is 7.42. The molecule has 0 aliphatic heterocycles. The van der Waals surface area contributed by atoms with Gasteiger partial charge in [-0.3, -0.25) is 4.79 Å². The standard InChI is InChI=1S/C17H21ClN4O/c1-5-22(6-2)16(23)15-9-12(4)19-17(21-15)20-13-8-7-11(3)14(18)10-13/h7-10H,5-6H2,1-4H3,(H,19,20,21). The number of carbonyl (C=O) groups is 1. The third kappa shape index (κ3) is 4.20. The van der Waals surface area contributed by atoms with Gasteiger partial charge in [-0.25, -0.2) is 9.97 Å². The number of hydrogen-bond acceptors (Lipinski definition) is 4. The summed E-state index contributed by atoms with van der Waals surface area (Å²) in [4.78, 5) is 22.9. The van der Waals surface area contributed by atoms with Gasteiger partial charge < -0.3 is 10.2 Å². The minimum absolute atomic E-state index is 0.0921. The Labute approximate surface area is 141 Å². The van der Waals surface area contributed by atoms with Crippen molar-refractivity contribution in [2.24, 2.45) is 0 Å². The van der Waals surface area contributed by atoms with E-state index in [-0.39, 0.29) is 5.91 Å². The maximum absolute atomic E-state index is 12.4. The second-order valence-corrected chi connectivity index (χ2v) is 5.69. The first-order valence-electron chi connectivity index (χ1n) is 7.62. The van der Waals surface area contributed by atoms with E-state index in [0.717, 1.165) is 16.9 Å². The summed E-state index contributed by atoms with van der Waals surface area (Å²) in [5.41, 5.74) is 2.91. The van der Waals surface area contributed by atoms with Gasteiger partial charge in [-0.2, -0.15) is 0 Å². The molecule has 6 heteroatoms. The molecule has 0 saturated heterocycles. The van der Waals surface area contributed by atoms with E-state index in [2.05, 4.69) is 15.3 Å². The summed E-state index contributed by atoms with van der Waals surface area (Å²) in [6.45, 7) is 8.97. The summed E-state index contributed by atoms with van der Waals surface area (Å²) < 4.78 is 0. The highest BCUT2D eigenvalue weighted by molar-refractivity contribution is 6.31. The van der Waals surface area contributed by atoms with E-state index in [9.17, 15) is 4.79 Å². The van der Waals surface area contributed by atoms with E-state index in [4.69, 9.17) is 11.6 Å². The largest absolute Gasteiger partial charge is 0.338 e. The summed E-state index contributed by atoms with van der Waals surface area (Å²) in [7, 11) is 0. The first-order chi connectivity index (χ1) is 10.9. The highest BCUT2D eigenvalue weighted by atomic mass is 35.5. The number of hydrogen-bond donors (Lipinski definition) is 1. The number of nitrogens with one attached hydrogen (secondary N) is 1. The number of halogens is 1. The van der Waals surface area contributed by atoms with Crippen LogP contribution in [0, 0.1) is 13.8 Å². The van der Waals surface area contributed by atoms with Crippen molar-refractivity contribution in [3.63, 3.8) is 0 Å². The molecule has 0 bridgehead atoms. The predicted octanol–water partition coefficient (Wildman–Crippen LogP) is 3.97. The minimum atomic E-state index is -0.0921. The Morgan fingerprint density at radius 3 is 2.48 bits per heavy atom. The van der Waals surface area contributed by atoms with Crippen LogP contribution in [0.5, 0.6) is 0 Å². The van der Waals surface area contributed by atoms with Crippen molar-refractivity contribution in [2.75, 3.05) is 18.4 Å². The van der Waals surface area contributed by atoms with Gasteiger partial charge in [0.1, 0.15) is 5.69 Å². The molecule has 0 saturated carbocycles. The highest BCUT2D eigenvalue weighted by Gasteiger charge is 2.16. The van der Waals surface area contributed by atoms with Crippen LogP contribution in [0.1, 0.15) is 35.6 Å². The van der Waals surface area contributed by atoms with Gasteiger partial charge in [0.25, 0.3) is 5.91 Å². The van der Waals surface area contributed by atoms with Crippen LogP contribution in [0.25, 0.3) is 0 Å². The fourth-order valence-corrected chi connectivity index (χ4v) is 2.39. The molecular formula is C17H21ClN4O. The molecule has 0 fully saturated rings. The van der Waals surface area contributed by atoms with Crippen LogP contribution >= 0.6 is 11.6 Å². The zero-order valence-corrected chi connectivity index (χ0v) is 14.6. The maximum Gasteiger partial charge on any atom is 0.272 e. The van der Waals surface area contributed by atoms with Crippen molar-refractivity contribution in [1.29, 1.82) is 0 Å². The summed E-state index contributed by atoms with van der Waals surface area (Å²) in [5, 5.41) is 3.77. The number of anilines is 2. The molecule has 23 heavy (non-hydrogen) atoms. The average molecular weight is 333 g/mol.